The van der Waals surface area contributed by atoms with Crippen LogP contribution >= 0.6 is 11.6 Å². The number of nitrogens with two attached hydrogens (primary N) is 1. The molecule has 0 spiro atoms. The molecule has 1 aromatic carbocycles. The van der Waals surface area contributed by atoms with E-state index in [1.54, 1.807) is 12.1 Å². The van der Waals surface area contributed by atoms with Crippen LogP contribution in [-0.4, -0.2) is 5.92 Å². The summed E-state index contributed by atoms with van der Waals surface area (Å²) >= 11 is 5.70. The predicted molar refractivity (Wildman–Crippen MR) is 68.4 cm³/mol. The first-order chi connectivity index (χ1) is 8.93. The number of benzene rings is 1. The van der Waals surface area contributed by atoms with Gasteiger partial charge in [0.05, 0.1) is 6.04 Å². The van der Waals surface area contributed by atoms with Gasteiger partial charge in [0, 0.05) is 23.4 Å². The molecule has 2 nitrogen and oxygen atoms in total. The van der Waals surface area contributed by atoms with E-state index in [9.17, 15) is 13.2 Å². The summed E-state index contributed by atoms with van der Waals surface area (Å²) in [4.78, 5) is 0. The van der Waals surface area contributed by atoms with Gasteiger partial charge >= 0.3 is 0 Å². The minimum Gasteiger partial charge on any atom is -0.271 e. The summed E-state index contributed by atoms with van der Waals surface area (Å²) in [6.45, 7) is 0. The molecule has 1 saturated carbocycles. The molecule has 0 aromatic heterocycles. The molecule has 6 heteroatoms. The third-order valence-electron chi connectivity index (χ3n) is 3.71. The summed E-state index contributed by atoms with van der Waals surface area (Å²) < 4.78 is 40.1. The lowest BCUT2D eigenvalue weighted by Crippen LogP contribution is -2.37. The molecule has 106 valence electrons. The molecule has 1 atom stereocenters. The van der Waals surface area contributed by atoms with Crippen LogP contribution in [0.15, 0.2) is 18.2 Å². The Morgan fingerprint density at radius 3 is 2.47 bits per heavy atom. The van der Waals surface area contributed by atoms with Crippen LogP contribution in [0.2, 0.25) is 5.02 Å². The van der Waals surface area contributed by atoms with Crippen molar-refractivity contribution in [2.45, 2.75) is 37.6 Å². The van der Waals surface area contributed by atoms with E-state index < -0.39 is 17.8 Å². The zero-order valence-electron chi connectivity index (χ0n) is 10.3. The Morgan fingerprint density at radius 2 is 1.95 bits per heavy atom. The van der Waals surface area contributed by atoms with E-state index in [-0.39, 0.29) is 18.8 Å². The van der Waals surface area contributed by atoms with Crippen molar-refractivity contribution in [3.05, 3.63) is 34.6 Å². The lowest BCUT2D eigenvalue weighted by molar-refractivity contribution is -0.0498. The maximum absolute atomic E-state index is 13.9. The van der Waals surface area contributed by atoms with Gasteiger partial charge in [-0.2, -0.15) is 0 Å². The van der Waals surface area contributed by atoms with Crippen LogP contribution in [0.3, 0.4) is 0 Å². The van der Waals surface area contributed by atoms with Gasteiger partial charge in [-0.25, -0.2) is 13.2 Å². The smallest absolute Gasteiger partial charge is 0.248 e. The van der Waals surface area contributed by atoms with E-state index in [0.29, 0.717) is 23.4 Å². The number of nitrogens with one attached hydrogen (secondary N) is 1. The highest BCUT2D eigenvalue weighted by molar-refractivity contribution is 6.30. The SMILES string of the molecule is NNC(c1ccc(Cl)cc1F)C1CCC(F)(F)CC1. The Morgan fingerprint density at radius 1 is 1.32 bits per heavy atom. The molecular weight excluding hydrogens is 277 g/mol. The van der Waals surface area contributed by atoms with Crippen LogP contribution in [0.5, 0.6) is 0 Å². The molecule has 3 N–H and O–H groups in total. The molecule has 19 heavy (non-hydrogen) atoms. The average Bonchev–Trinajstić information content (AvgIpc) is 2.34. The second kappa shape index (κ2) is 5.69. The van der Waals surface area contributed by atoms with Gasteiger partial charge in [0.2, 0.25) is 5.92 Å². The maximum atomic E-state index is 13.9. The Hall–Kier alpha value is -0.780. The number of rotatable bonds is 3. The number of halogens is 4. The van der Waals surface area contributed by atoms with Crippen molar-refractivity contribution >= 4 is 11.6 Å². The van der Waals surface area contributed by atoms with Crippen LogP contribution in [0.1, 0.15) is 37.3 Å². The number of hydrogen-bond donors (Lipinski definition) is 2. The number of alkyl halides is 2. The molecule has 1 aliphatic carbocycles. The minimum absolute atomic E-state index is 0.0969. The standard InChI is InChI=1S/C13H16ClF3N2/c14-9-1-2-10(11(15)7-9)12(19-18)8-3-5-13(16,17)6-4-8/h1-2,7-8,12,19H,3-6,18H2. The van der Waals surface area contributed by atoms with Gasteiger partial charge in [0.1, 0.15) is 5.82 Å². The van der Waals surface area contributed by atoms with E-state index in [1.807, 2.05) is 0 Å². The molecule has 0 radical (unpaired) electrons. The summed E-state index contributed by atoms with van der Waals surface area (Å²) in [6.07, 6.45) is 0.296. The summed E-state index contributed by atoms with van der Waals surface area (Å²) in [5, 5.41) is 0.298. The Balaban J connectivity index is 2.16. The second-order valence-corrected chi connectivity index (χ2v) is 5.44. The third-order valence-corrected chi connectivity index (χ3v) is 3.95. The molecule has 2 rings (SSSR count). The predicted octanol–water partition coefficient (Wildman–Crippen LogP) is 3.81. The van der Waals surface area contributed by atoms with Crippen molar-refractivity contribution in [3.63, 3.8) is 0 Å². The first kappa shape index (κ1) is 14.6. The molecule has 0 aliphatic heterocycles. The quantitative estimate of drug-likeness (QED) is 0.657. The van der Waals surface area contributed by atoms with E-state index >= 15 is 0 Å². The molecule has 1 aliphatic rings. The van der Waals surface area contributed by atoms with E-state index in [0.717, 1.165) is 0 Å². The molecule has 0 saturated heterocycles. The Bertz CT molecular complexity index is 444. The fourth-order valence-corrected chi connectivity index (χ4v) is 2.79. The van der Waals surface area contributed by atoms with Crippen molar-refractivity contribution < 1.29 is 13.2 Å². The summed E-state index contributed by atoms with van der Waals surface area (Å²) in [7, 11) is 0. The van der Waals surface area contributed by atoms with Gasteiger partial charge in [-0.15, -0.1) is 0 Å². The largest absolute Gasteiger partial charge is 0.271 e. The average molecular weight is 293 g/mol. The van der Waals surface area contributed by atoms with Gasteiger partial charge in [-0.1, -0.05) is 17.7 Å². The van der Waals surface area contributed by atoms with Gasteiger partial charge in [0.25, 0.3) is 0 Å². The number of hydrazine groups is 1. The highest BCUT2D eigenvalue weighted by Crippen LogP contribution is 2.41. The fourth-order valence-electron chi connectivity index (χ4n) is 2.63. The van der Waals surface area contributed by atoms with E-state index in [1.165, 1.54) is 6.07 Å². The van der Waals surface area contributed by atoms with Crippen LogP contribution in [0.25, 0.3) is 0 Å². The third kappa shape index (κ3) is 3.41. The monoisotopic (exact) mass is 292 g/mol. The van der Waals surface area contributed by atoms with Crippen molar-refractivity contribution in [1.29, 1.82) is 0 Å². The lowest BCUT2D eigenvalue weighted by atomic mass is 9.80. The topological polar surface area (TPSA) is 38.0 Å². The van der Waals surface area contributed by atoms with Crippen molar-refractivity contribution in [3.8, 4) is 0 Å². The van der Waals surface area contributed by atoms with Gasteiger partial charge in [-0.3, -0.25) is 11.3 Å². The summed E-state index contributed by atoms with van der Waals surface area (Å²) in [5.74, 6) is 2.31. The van der Waals surface area contributed by atoms with E-state index in [4.69, 9.17) is 17.4 Å². The molecule has 1 fully saturated rings. The Kier molecular flexibility index (Phi) is 4.38. The minimum atomic E-state index is -2.60. The summed E-state index contributed by atoms with van der Waals surface area (Å²) in [6, 6.07) is 3.86. The maximum Gasteiger partial charge on any atom is 0.248 e. The van der Waals surface area contributed by atoms with Crippen LogP contribution in [0, 0.1) is 11.7 Å². The highest BCUT2D eigenvalue weighted by Gasteiger charge is 2.38. The fraction of sp³-hybridized carbons (Fsp3) is 0.538. The molecule has 1 aromatic rings. The highest BCUT2D eigenvalue weighted by atomic mass is 35.5. The first-order valence-corrected chi connectivity index (χ1v) is 6.59. The molecule has 0 amide bonds. The lowest BCUT2D eigenvalue weighted by Gasteiger charge is -2.33. The first-order valence-electron chi connectivity index (χ1n) is 6.22. The number of hydrogen-bond acceptors (Lipinski definition) is 2. The van der Waals surface area contributed by atoms with Crippen LogP contribution < -0.4 is 11.3 Å². The Labute approximate surface area is 115 Å². The zero-order valence-corrected chi connectivity index (χ0v) is 11.1. The molecule has 0 heterocycles. The van der Waals surface area contributed by atoms with Gasteiger partial charge in [-0.05, 0) is 30.9 Å². The van der Waals surface area contributed by atoms with Crippen LogP contribution in [0.4, 0.5) is 13.2 Å². The second-order valence-electron chi connectivity index (χ2n) is 5.00. The van der Waals surface area contributed by atoms with Crippen molar-refractivity contribution in [2.75, 3.05) is 0 Å². The van der Waals surface area contributed by atoms with E-state index in [2.05, 4.69) is 5.43 Å². The molecule has 0 bridgehead atoms. The zero-order chi connectivity index (χ0) is 14.0. The van der Waals surface area contributed by atoms with Crippen molar-refractivity contribution in [2.24, 2.45) is 11.8 Å². The van der Waals surface area contributed by atoms with Crippen LogP contribution in [-0.2, 0) is 0 Å². The van der Waals surface area contributed by atoms with Gasteiger partial charge in [0.15, 0.2) is 0 Å². The van der Waals surface area contributed by atoms with Gasteiger partial charge < -0.3 is 0 Å². The molecule has 1 unspecified atom stereocenters. The van der Waals surface area contributed by atoms with Crippen molar-refractivity contribution in [1.82, 2.24) is 5.43 Å². The summed E-state index contributed by atoms with van der Waals surface area (Å²) in [5.41, 5.74) is 2.92. The normalized spacial score (nSPS) is 21.3. The molecular formula is C13H16ClF3N2.